The summed E-state index contributed by atoms with van der Waals surface area (Å²) in [6.45, 7) is 2.43. The summed E-state index contributed by atoms with van der Waals surface area (Å²) in [5, 5.41) is 5.95. The molecule has 0 radical (unpaired) electrons. The van der Waals surface area contributed by atoms with Gasteiger partial charge in [-0.2, -0.15) is 5.10 Å². The van der Waals surface area contributed by atoms with Gasteiger partial charge in [0.1, 0.15) is 17.2 Å². The predicted molar refractivity (Wildman–Crippen MR) is 147 cm³/mol. The molecule has 4 rings (SSSR count). The molecule has 8 heteroatoms. The Balaban J connectivity index is 1.36. The summed E-state index contributed by atoms with van der Waals surface area (Å²) < 4.78 is 17.6. The van der Waals surface area contributed by atoms with E-state index in [1.807, 2.05) is 49.4 Å². The van der Waals surface area contributed by atoms with Crippen molar-refractivity contribution in [2.24, 2.45) is 5.10 Å². The largest absolute Gasteiger partial charge is 0.494 e. The zero-order valence-electron chi connectivity index (χ0n) is 20.1. The molecule has 1 amide bonds. The molecule has 1 N–H and O–H groups in total. The number of carbonyl (C=O) groups excluding carboxylic acids is 2. The number of benzene rings is 4. The first-order chi connectivity index (χ1) is 18.0. The Kier molecular flexibility index (Phi) is 8.89. The molecule has 4 aromatic rings. The number of rotatable bonds is 10. The van der Waals surface area contributed by atoms with Crippen molar-refractivity contribution in [3.8, 4) is 17.2 Å². The number of esters is 1. The van der Waals surface area contributed by atoms with Crippen LogP contribution >= 0.6 is 15.9 Å². The molecule has 0 unspecified atom stereocenters. The van der Waals surface area contributed by atoms with Crippen LogP contribution in [0.4, 0.5) is 0 Å². The summed E-state index contributed by atoms with van der Waals surface area (Å²) in [4.78, 5) is 25.0. The number of hydrogen-bond donors (Lipinski definition) is 1. The monoisotopic (exact) mass is 560 g/mol. The number of hydrogen-bond acceptors (Lipinski definition) is 6. The molecule has 0 spiro atoms. The summed E-state index contributed by atoms with van der Waals surface area (Å²) in [7, 11) is 0. The molecule has 0 aliphatic carbocycles. The van der Waals surface area contributed by atoms with Crippen LogP contribution in [0.25, 0.3) is 10.8 Å². The van der Waals surface area contributed by atoms with Crippen LogP contribution in [0.15, 0.2) is 94.5 Å². The molecule has 0 saturated heterocycles. The van der Waals surface area contributed by atoms with E-state index < -0.39 is 11.9 Å². The minimum absolute atomic E-state index is 0.205. The molecule has 0 fully saturated rings. The minimum atomic E-state index is -0.522. The van der Waals surface area contributed by atoms with Crippen molar-refractivity contribution in [1.29, 1.82) is 0 Å². The molecule has 188 valence electrons. The van der Waals surface area contributed by atoms with Crippen LogP contribution in [-0.4, -0.2) is 31.3 Å². The highest BCUT2D eigenvalue weighted by Crippen LogP contribution is 2.25. The van der Waals surface area contributed by atoms with Crippen LogP contribution < -0.4 is 19.6 Å². The van der Waals surface area contributed by atoms with Crippen LogP contribution in [-0.2, 0) is 4.79 Å². The van der Waals surface area contributed by atoms with Crippen molar-refractivity contribution in [3.63, 3.8) is 0 Å². The fraction of sp³-hybridized carbons (Fsp3) is 0.138. The first-order valence-corrected chi connectivity index (χ1v) is 12.5. The topological polar surface area (TPSA) is 86.2 Å². The third-order valence-electron chi connectivity index (χ3n) is 5.24. The van der Waals surface area contributed by atoms with Gasteiger partial charge in [-0.15, -0.1) is 0 Å². The SMILES string of the molecule is CCCOc1ccc(C(=O)Oc2ccc(Br)cc2/C=N/NC(=O)COc2cccc3ccccc23)cc1. The standard InChI is InChI=1S/C29H25BrN2O5/c1-2-16-35-24-13-10-21(11-14-24)29(34)37-26-15-12-23(30)17-22(26)18-31-32-28(33)19-36-27-9-5-7-20-6-3-4-8-25(20)27/h3-15,17-18H,2,16,19H2,1H3,(H,32,33)/b31-18+. The Morgan fingerprint density at radius 3 is 2.51 bits per heavy atom. The van der Waals surface area contributed by atoms with Gasteiger partial charge in [0, 0.05) is 15.4 Å². The van der Waals surface area contributed by atoms with Crippen LogP contribution in [0.1, 0.15) is 29.3 Å². The molecule has 4 aromatic carbocycles. The third-order valence-corrected chi connectivity index (χ3v) is 5.73. The number of carbonyl (C=O) groups is 2. The number of amides is 1. The molecule has 0 heterocycles. The smallest absolute Gasteiger partial charge is 0.343 e. The van der Waals surface area contributed by atoms with E-state index in [1.54, 1.807) is 42.5 Å². The van der Waals surface area contributed by atoms with Gasteiger partial charge in [-0.25, -0.2) is 10.2 Å². The van der Waals surface area contributed by atoms with Crippen LogP contribution in [0.3, 0.4) is 0 Å². The van der Waals surface area contributed by atoms with Crippen LogP contribution in [0.2, 0.25) is 0 Å². The van der Waals surface area contributed by atoms with Crippen molar-refractivity contribution in [2.45, 2.75) is 13.3 Å². The maximum absolute atomic E-state index is 12.7. The van der Waals surface area contributed by atoms with Crippen LogP contribution in [0, 0.1) is 0 Å². The van der Waals surface area contributed by atoms with Gasteiger partial charge in [-0.3, -0.25) is 4.79 Å². The molecular weight excluding hydrogens is 536 g/mol. The number of halogens is 1. The van der Waals surface area contributed by atoms with Gasteiger partial charge in [-0.1, -0.05) is 59.3 Å². The first-order valence-electron chi connectivity index (χ1n) is 11.7. The van der Waals surface area contributed by atoms with E-state index in [-0.39, 0.29) is 6.61 Å². The number of hydrazone groups is 1. The van der Waals surface area contributed by atoms with Gasteiger partial charge in [-0.05, 0) is 60.3 Å². The van der Waals surface area contributed by atoms with E-state index in [2.05, 4.69) is 26.5 Å². The lowest BCUT2D eigenvalue weighted by Crippen LogP contribution is -2.24. The Bertz CT molecular complexity index is 1410. The fourth-order valence-corrected chi connectivity index (χ4v) is 3.83. The Morgan fingerprint density at radius 2 is 1.70 bits per heavy atom. The lowest BCUT2D eigenvalue weighted by atomic mass is 10.1. The zero-order chi connectivity index (χ0) is 26.0. The first kappa shape index (κ1) is 25.9. The van der Waals surface area contributed by atoms with Crippen molar-refractivity contribution in [1.82, 2.24) is 5.43 Å². The molecule has 0 aliphatic rings. The van der Waals surface area contributed by atoms with E-state index in [1.165, 1.54) is 6.21 Å². The van der Waals surface area contributed by atoms with Crippen LogP contribution in [0.5, 0.6) is 17.2 Å². The van der Waals surface area contributed by atoms with Crippen molar-refractivity contribution >= 4 is 44.8 Å². The highest BCUT2D eigenvalue weighted by molar-refractivity contribution is 9.10. The highest BCUT2D eigenvalue weighted by Gasteiger charge is 2.12. The van der Waals surface area contributed by atoms with Crippen molar-refractivity contribution in [3.05, 3.63) is 101 Å². The lowest BCUT2D eigenvalue weighted by molar-refractivity contribution is -0.123. The van der Waals surface area contributed by atoms with Gasteiger partial charge in [0.2, 0.25) is 0 Å². The van der Waals surface area contributed by atoms with Crippen molar-refractivity contribution in [2.75, 3.05) is 13.2 Å². The molecule has 0 aliphatic heterocycles. The molecule has 0 saturated carbocycles. The maximum atomic E-state index is 12.7. The molecule has 7 nitrogen and oxygen atoms in total. The zero-order valence-corrected chi connectivity index (χ0v) is 21.7. The van der Waals surface area contributed by atoms with Gasteiger partial charge in [0.25, 0.3) is 5.91 Å². The molecule has 0 atom stereocenters. The quantitative estimate of drug-likeness (QED) is 0.109. The van der Waals surface area contributed by atoms with E-state index in [0.717, 1.165) is 21.7 Å². The van der Waals surface area contributed by atoms with Gasteiger partial charge in [0.05, 0.1) is 18.4 Å². The summed E-state index contributed by atoms with van der Waals surface area (Å²) >= 11 is 3.40. The normalized spacial score (nSPS) is 10.9. The average molecular weight is 561 g/mol. The molecule has 37 heavy (non-hydrogen) atoms. The second-order valence-electron chi connectivity index (χ2n) is 8.00. The summed E-state index contributed by atoms with van der Waals surface area (Å²) in [5.41, 5.74) is 3.32. The van der Waals surface area contributed by atoms with E-state index in [9.17, 15) is 9.59 Å². The molecule has 0 aromatic heterocycles. The summed E-state index contributed by atoms with van der Waals surface area (Å²) in [5.74, 6) is 0.651. The number of nitrogens with zero attached hydrogens (tertiary/aromatic N) is 1. The fourth-order valence-electron chi connectivity index (χ4n) is 3.45. The summed E-state index contributed by atoms with van der Waals surface area (Å²) in [6, 6.07) is 25.3. The average Bonchev–Trinajstić information content (AvgIpc) is 2.92. The Labute approximate surface area is 223 Å². The Hall–Kier alpha value is -4.17. The minimum Gasteiger partial charge on any atom is -0.494 e. The second-order valence-corrected chi connectivity index (χ2v) is 8.92. The number of nitrogens with one attached hydrogen (secondary N) is 1. The summed E-state index contributed by atoms with van der Waals surface area (Å²) in [6.07, 6.45) is 2.31. The second kappa shape index (κ2) is 12.7. The van der Waals surface area contributed by atoms with E-state index in [4.69, 9.17) is 14.2 Å². The van der Waals surface area contributed by atoms with E-state index >= 15 is 0 Å². The molecule has 0 bridgehead atoms. The van der Waals surface area contributed by atoms with Crippen molar-refractivity contribution < 1.29 is 23.8 Å². The number of fused-ring (bicyclic) bond motifs is 1. The third kappa shape index (κ3) is 7.17. The number of ether oxygens (including phenoxy) is 3. The van der Waals surface area contributed by atoms with Gasteiger partial charge in [0.15, 0.2) is 6.61 Å². The van der Waals surface area contributed by atoms with Gasteiger partial charge >= 0.3 is 5.97 Å². The predicted octanol–water partition coefficient (Wildman–Crippen LogP) is 6.14. The maximum Gasteiger partial charge on any atom is 0.343 e. The molecular formula is C29H25BrN2O5. The Morgan fingerprint density at radius 1 is 0.919 bits per heavy atom. The van der Waals surface area contributed by atoms with E-state index in [0.29, 0.717) is 35.0 Å². The highest BCUT2D eigenvalue weighted by atomic mass is 79.9. The lowest BCUT2D eigenvalue weighted by Gasteiger charge is -2.09. The van der Waals surface area contributed by atoms with Gasteiger partial charge < -0.3 is 14.2 Å².